The van der Waals surface area contributed by atoms with Gasteiger partial charge < -0.3 is 19.7 Å². The highest BCUT2D eigenvalue weighted by molar-refractivity contribution is 6.55. The molecule has 0 unspecified atom stereocenters. The van der Waals surface area contributed by atoms with E-state index in [0.717, 1.165) is 11.5 Å². The van der Waals surface area contributed by atoms with E-state index in [0.29, 0.717) is 12.1 Å². The number of benzene rings is 1. The van der Waals surface area contributed by atoms with Gasteiger partial charge in [-0.05, 0) is 57.9 Å². The number of phenolic OH excluding ortho intramolecular Hbond substituents is 1. The molecule has 0 atom stereocenters. The molecule has 0 radical (unpaired) electrons. The number of phenols is 1. The Kier molecular flexibility index (Phi) is 4.66. The predicted molar refractivity (Wildman–Crippen MR) is 86.1 cm³/mol. The quantitative estimate of drug-likeness (QED) is 0.840. The highest BCUT2D eigenvalue weighted by Gasteiger charge is 2.52. The minimum atomic E-state index is -0.511. The molecule has 0 saturated carbocycles. The molecule has 1 fully saturated rings. The molecular weight excluding hydrogens is 284 g/mol. The van der Waals surface area contributed by atoms with Crippen molar-refractivity contribution in [3.8, 4) is 5.75 Å². The van der Waals surface area contributed by atoms with Gasteiger partial charge in [0.1, 0.15) is 11.6 Å². The van der Waals surface area contributed by atoms with Gasteiger partial charge in [-0.2, -0.15) is 0 Å². The van der Waals surface area contributed by atoms with Gasteiger partial charge in [0.15, 0.2) is 0 Å². The monoisotopic (exact) mass is 307 g/mol. The fourth-order valence-electron chi connectivity index (χ4n) is 2.29. The van der Waals surface area contributed by atoms with Gasteiger partial charge in [0, 0.05) is 12.6 Å². The van der Waals surface area contributed by atoms with Crippen molar-refractivity contribution in [1.82, 2.24) is 5.32 Å². The molecule has 0 aliphatic carbocycles. The van der Waals surface area contributed by atoms with Crippen molar-refractivity contribution in [2.75, 3.05) is 13.6 Å². The Balaban J connectivity index is 2.33. The van der Waals surface area contributed by atoms with Crippen molar-refractivity contribution in [1.29, 1.82) is 0 Å². The van der Waals surface area contributed by atoms with E-state index < -0.39 is 24.1 Å². The SMILES string of the molecule is CNCC(=Cc1cc(O)cc(F)c1)B1OC(C)(C)C(C)(C)O1. The Morgan fingerprint density at radius 3 is 2.32 bits per heavy atom. The summed E-state index contributed by atoms with van der Waals surface area (Å²) in [7, 11) is 1.31. The van der Waals surface area contributed by atoms with Gasteiger partial charge in [-0.15, -0.1) is 0 Å². The number of halogens is 1. The molecule has 0 spiro atoms. The third-order valence-corrected chi connectivity index (χ3v) is 4.19. The summed E-state index contributed by atoms with van der Waals surface area (Å²) in [5.74, 6) is -0.590. The molecule has 120 valence electrons. The number of aromatic hydroxyl groups is 1. The van der Waals surface area contributed by atoms with E-state index in [2.05, 4.69) is 5.32 Å². The number of rotatable bonds is 4. The largest absolute Gasteiger partial charge is 0.508 e. The molecule has 1 aliphatic heterocycles. The molecular formula is C16H23BFNO3. The highest BCUT2D eigenvalue weighted by Crippen LogP contribution is 2.38. The zero-order chi connectivity index (χ0) is 16.5. The van der Waals surface area contributed by atoms with Crippen molar-refractivity contribution >= 4 is 13.2 Å². The molecule has 0 aromatic heterocycles. The van der Waals surface area contributed by atoms with Crippen LogP contribution < -0.4 is 5.32 Å². The van der Waals surface area contributed by atoms with Gasteiger partial charge in [0.25, 0.3) is 0 Å². The average molecular weight is 307 g/mol. The van der Waals surface area contributed by atoms with Crippen LogP contribution in [0.3, 0.4) is 0 Å². The van der Waals surface area contributed by atoms with Crippen molar-refractivity contribution in [3.05, 3.63) is 35.1 Å². The van der Waals surface area contributed by atoms with Crippen LogP contribution >= 0.6 is 0 Å². The fraction of sp³-hybridized carbons (Fsp3) is 0.500. The van der Waals surface area contributed by atoms with Gasteiger partial charge in [-0.1, -0.05) is 6.08 Å². The van der Waals surface area contributed by atoms with E-state index in [1.807, 2.05) is 34.7 Å². The lowest BCUT2D eigenvalue weighted by atomic mass is 9.77. The lowest BCUT2D eigenvalue weighted by molar-refractivity contribution is 0.00578. The van der Waals surface area contributed by atoms with Gasteiger partial charge in [-0.25, -0.2) is 4.39 Å². The molecule has 1 aliphatic rings. The van der Waals surface area contributed by atoms with E-state index in [-0.39, 0.29) is 5.75 Å². The third-order valence-electron chi connectivity index (χ3n) is 4.19. The first kappa shape index (κ1) is 17.0. The topological polar surface area (TPSA) is 50.7 Å². The van der Waals surface area contributed by atoms with E-state index in [4.69, 9.17) is 9.31 Å². The van der Waals surface area contributed by atoms with Crippen molar-refractivity contribution < 1.29 is 18.8 Å². The van der Waals surface area contributed by atoms with Gasteiger partial charge in [0.2, 0.25) is 0 Å². The van der Waals surface area contributed by atoms with Crippen molar-refractivity contribution in [2.24, 2.45) is 0 Å². The molecule has 22 heavy (non-hydrogen) atoms. The van der Waals surface area contributed by atoms with Crippen LogP contribution in [0.2, 0.25) is 0 Å². The lowest BCUT2D eigenvalue weighted by Gasteiger charge is -2.32. The zero-order valence-electron chi connectivity index (χ0n) is 13.7. The summed E-state index contributed by atoms with van der Waals surface area (Å²) >= 11 is 0. The Hall–Kier alpha value is -1.37. The second-order valence-electron chi connectivity index (χ2n) is 6.58. The first-order valence-corrected chi connectivity index (χ1v) is 7.35. The lowest BCUT2D eigenvalue weighted by Crippen LogP contribution is -2.41. The third kappa shape index (κ3) is 3.51. The molecule has 1 saturated heterocycles. The molecule has 2 rings (SSSR count). The fourth-order valence-corrected chi connectivity index (χ4v) is 2.29. The summed E-state index contributed by atoms with van der Waals surface area (Å²) in [5.41, 5.74) is 0.534. The maximum Gasteiger partial charge on any atom is 0.491 e. The number of nitrogens with one attached hydrogen (secondary N) is 1. The van der Waals surface area contributed by atoms with Crippen LogP contribution in [0, 0.1) is 5.82 Å². The normalized spacial score (nSPS) is 20.5. The highest BCUT2D eigenvalue weighted by atomic mass is 19.1. The summed E-state index contributed by atoms with van der Waals surface area (Å²) in [6.07, 6.45) is 1.78. The van der Waals surface area contributed by atoms with E-state index >= 15 is 0 Å². The van der Waals surface area contributed by atoms with Gasteiger partial charge in [-0.3, -0.25) is 0 Å². The zero-order valence-corrected chi connectivity index (χ0v) is 13.7. The smallest absolute Gasteiger partial charge is 0.491 e. The van der Waals surface area contributed by atoms with Crippen LogP contribution in [0.15, 0.2) is 23.7 Å². The predicted octanol–water partition coefficient (Wildman–Crippen LogP) is 2.77. The molecule has 1 aromatic carbocycles. The first-order valence-electron chi connectivity index (χ1n) is 7.35. The first-order chi connectivity index (χ1) is 10.1. The second kappa shape index (κ2) is 6.03. The minimum absolute atomic E-state index is 0.107. The second-order valence-corrected chi connectivity index (χ2v) is 6.58. The Morgan fingerprint density at radius 1 is 1.23 bits per heavy atom. The number of likely N-dealkylation sites (N-methyl/N-ethyl adjacent to an activating group) is 1. The number of hydrogen-bond acceptors (Lipinski definition) is 4. The summed E-state index contributed by atoms with van der Waals surface area (Å²) < 4.78 is 25.5. The van der Waals surface area contributed by atoms with Crippen LogP contribution in [-0.2, 0) is 9.31 Å². The Bertz CT molecular complexity index is 551. The van der Waals surface area contributed by atoms with E-state index in [1.54, 1.807) is 6.08 Å². The molecule has 2 N–H and O–H groups in total. The average Bonchev–Trinajstić information content (AvgIpc) is 2.56. The van der Waals surface area contributed by atoms with E-state index in [9.17, 15) is 9.50 Å². The van der Waals surface area contributed by atoms with Crippen molar-refractivity contribution in [2.45, 2.75) is 38.9 Å². The molecule has 0 bridgehead atoms. The molecule has 0 amide bonds. The summed E-state index contributed by atoms with van der Waals surface area (Å²) in [6.45, 7) is 8.47. The summed E-state index contributed by atoms with van der Waals surface area (Å²) in [4.78, 5) is 0. The summed E-state index contributed by atoms with van der Waals surface area (Å²) in [6, 6.07) is 3.94. The molecule has 6 heteroatoms. The maximum atomic E-state index is 13.4. The van der Waals surface area contributed by atoms with Gasteiger partial charge >= 0.3 is 7.12 Å². The van der Waals surface area contributed by atoms with E-state index in [1.165, 1.54) is 12.1 Å². The van der Waals surface area contributed by atoms with Gasteiger partial charge in [0.05, 0.1) is 11.2 Å². The van der Waals surface area contributed by atoms with Crippen LogP contribution in [0.4, 0.5) is 4.39 Å². The Labute approximate surface area is 131 Å². The minimum Gasteiger partial charge on any atom is -0.508 e. The van der Waals surface area contributed by atoms with Crippen LogP contribution in [0.25, 0.3) is 6.08 Å². The van der Waals surface area contributed by atoms with Crippen LogP contribution in [0.5, 0.6) is 5.75 Å². The Morgan fingerprint density at radius 2 is 1.82 bits per heavy atom. The molecule has 4 nitrogen and oxygen atoms in total. The van der Waals surface area contributed by atoms with Crippen LogP contribution in [0.1, 0.15) is 33.3 Å². The molecule has 1 aromatic rings. The standard InChI is InChI=1S/C16H23BFNO3/c1-15(2)16(3,4)22-17(21-15)12(10-19-5)6-11-7-13(18)9-14(20)8-11/h6-9,19-20H,10H2,1-5H3. The molecule has 1 heterocycles. The number of hydrogen-bond donors (Lipinski definition) is 2. The van der Waals surface area contributed by atoms with Crippen molar-refractivity contribution in [3.63, 3.8) is 0 Å². The summed E-state index contributed by atoms with van der Waals surface area (Å²) in [5, 5.41) is 12.6. The van der Waals surface area contributed by atoms with Crippen LogP contribution in [-0.4, -0.2) is 37.0 Å². The maximum absolute atomic E-state index is 13.4.